The lowest BCUT2D eigenvalue weighted by atomic mass is 10.2. The van der Waals surface area contributed by atoms with Gasteiger partial charge in [0.25, 0.3) is 5.91 Å². The van der Waals surface area contributed by atoms with Crippen molar-refractivity contribution in [1.82, 2.24) is 4.37 Å². The van der Waals surface area contributed by atoms with Crippen LogP contribution in [-0.2, 0) is 0 Å². The highest BCUT2D eigenvalue weighted by atomic mass is 32.1. The summed E-state index contributed by atoms with van der Waals surface area (Å²) in [6.07, 6.45) is 0. The lowest BCUT2D eigenvalue weighted by molar-refractivity contribution is 0.0697. The van der Waals surface area contributed by atoms with Crippen molar-refractivity contribution in [3.8, 4) is 0 Å². The van der Waals surface area contributed by atoms with E-state index in [0.29, 0.717) is 0 Å². The Kier molecular flexibility index (Phi) is 3.75. The Bertz CT molecular complexity index is 700. The number of rotatable bonds is 3. The lowest BCUT2D eigenvalue weighted by Crippen LogP contribution is -2.14. The maximum absolute atomic E-state index is 13.0. The number of anilines is 1. The van der Waals surface area contributed by atoms with Gasteiger partial charge < -0.3 is 10.4 Å². The number of halogens is 2. The van der Waals surface area contributed by atoms with Gasteiger partial charge in [-0.05, 0) is 36.7 Å². The van der Waals surface area contributed by atoms with Crippen LogP contribution in [0.2, 0.25) is 0 Å². The van der Waals surface area contributed by atoms with Gasteiger partial charge in [-0.1, -0.05) is 0 Å². The molecule has 2 aromatic rings. The predicted molar refractivity (Wildman–Crippen MR) is 68.1 cm³/mol. The normalized spacial score (nSPS) is 10.3. The minimum atomic E-state index is -1.23. The van der Waals surface area contributed by atoms with Crippen LogP contribution < -0.4 is 5.32 Å². The SMILES string of the molecule is Cc1nsc(NC(=O)c2ccc(F)c(F)c2)c1C(=O)O. The number of carboxylic acid groups (broad SMARTS) is 1. The van der Waals surface area contributed by atoms with Crippen LogP contribution in [0.4, 0.5) is 13.8 Å². The van der Waals surface area contributed by atoms with E-state index in [0.717, 1.165) is 29.7 Å². The van der Waals surface area contributed by atoms with Gasteiger partial charge in [-0.15, -0.1) is 0 Å². The van der Waals surface area contributed by atoms with Gasteiger partial charge in [-0.3, -0.25) is 4.79 Å². The van der Waals surface area contributed by atoms with Gasteiger partial charge in [0, 0.05) is 5.56 Å². The lowest BCUT2D eigenvalue weighted by Gasteiger charge is -2.04. The zero-order valence-corrected chi connectivity index (χ0v) is 10.9. The molecule has 2 rings (SSSR count). The molecule has 0 aliphatic rings. The van der Waals surface area contributed by atoms with Crippen LogP contribution in [-0.4, -0.2) is 21.4 Å². The van der Waals surface area contributed by atoms with Gasteiger partial charge in [0.15, 0.2) is 11.6 Å². The number of hydrogen-bond donors (Lipinski definition) is 2. The van der Waals surface area contributed by atoms with Crippen LogP contribution >= 0.6 is 11.5 Å². The Balaban J connectivity index is 2.28. The van der Waals surface area contributed by atoms with E-state index in [2.05, 4.69) is 9.69 Å². The fourth-order valence-electron chi connectivity index (χ4n) is 1.52. The summed E-state index contributed by atoms with van der Waals surface area (Å²) in [4.78, 5) is 22.9. The molecular weight excluding hydrogens is 290 g/mol. The molecular formula is C12H8F2N2O3S. The molecule has 1 amide bonds. The van der Waals surface area contributed by atoms with Gasteiger partial charge in [0.05, 0.1) is 5.69 Å². The van der Waals surface area contributed by atoms with E-state index in [9.17, 15) is 18.4 Å². The van der Waals surface area contributed by atoms with E-state index in [1.807, 2.05) is 0 Å². The maximum atomic E-state index is 13.0. The van der Waals surface area contributed by atoms with Gasteiger partial charge in [-0.2, -0.15) is 4.37 Å². The Morgan fingerprint density at radius 3 is 2.60 bits per heavy atom. The zero-order valence-electron chi connectivity index (χ0n) is 10.1. The van der Waals surface area contributed by atoms with Crippen molar-refractivity contribution < 1.29 is 23.5 Å². The van der Waals surface area contributed by atoms with Crippen LogP contribution in [0.25, 0.3) is 0 Å². The van der Waals surface area contributed by atoms with Crippen molar-refractivity contribution >= 4 is 28.4 Å². The summed E-state index contributed by atoms with van der Waals surface area (Å²) in [5.41, 5.74) is 0.0281. The standard InChI is InChI=1S/C12H8F2N2O3S/c1-5-9(12(18)19)11(20-16-5)15-10(17)6-2-3-7(13)8(14)4-6/h2-4H,1H3,(H,15,17)(H,18,19). The van der Waals surface area contributed by atoms with Crippen LogP contribution in [0, 0.1) is 18.6 Å². The second-order valence-corrected chi connectivity index (χ2v) is 4.63. The third-order valence-electron chi connectivity index (χ3n) is 2.49. The molecule has 104 valence electrons. The Hall–Kier alpha value is -2.35. The molecule has 0 aliphatic heterocycles. The highest BCUT2D eigenvalue weighted by Gasteiger charge is 2.20. The molecule has 0 aliphatic carbocycles. The predicted octanol–water partition coefficient (Wildman–Crippen LogP) is 2.68. The van der Waals surface area contributed by atoms with E-state index in [1.165, 1.54) is 6.92 Å². The molecule has 0 atom stereocenters. The summed E-state index contributed by atoms with van der Waals surface area (Å²) >= 11 is 0.804. The van der Waals surface area contributed by atoms with E-state index in [-0.39, 0.29) is 21.8 Å². The van der Waals surface area contributed by atoms with Crippen molar-refractivity contribution in [3.05, 3.63) is 46.7 Å². The summed E-state index contributed by atoms with van der Waals surface area (Å²) in [6, 6.07) is 2.65. The molecule has 5 nitrogen and oxygen atoms in total. The first-order valence-corrected chi connectivity index (χ1v) is 6.13. The molecule has 8 heteroatoms. The van der Waals surface area contributed by atoms with Gasteiger partial charge in [-0.25, -0.2) is 13.6 Å². The average Bonchev–Trinajstić information content (AvgIpc) is 2.73. The van der Waals surface area contributed by atoms with Crippen molar-refractivity contribution in [3.63, 3.8) is 0 Å². The van der Waals surface area contributed by atoms with E-state index < -0.39 is 23.5 Å². The zero-order chi connectivity index (χ0) is 14.9. The molecule has 1 heterocycles. The fourth-order valence-corrected chi connectivity index (χ4v) is 2.30. The molecule has 0 saturated heterocycles. The first-order chi connectivity index (χ1) is 9.40. The van der Waals surface area contributed by atoms with Gasteiger partial charge in [0.1, 0.15) is 10.6 Å². The number of hydrogen-bond acceptors (Lipinski definition) is 4. The molecule has 1 aromatic carbocycles. The number of carbonyl (C=O) groups excluding carboxylic acids is 1. The molecule has 20 heavy (non-hydrogen) atoms. The summed E-state index contributed by atoms with van der Waals surface area (Å²) in [5.74, 6) is -4.19. The number of aryl methyl sites for hydroxylation is 1. The number of aromatic carboxylic acids is 1. The van der Waals surface area contributed by atoms with Crippen LogP contribution in [0.1, 0.15) is 26.4 Å². The highest BCUT2D eigenvalue weighted by molar-refractivity contribution is 7.11. The van der Waals surface area contributed by atoms with Gasteiger partial charge in [0.2, 0.25) is 0 Å². The minimum absolute atomic E-state index is 0.0460. The third-order valence-corrected chi connectivity index (χ3v) is 3.34. The monoisotopic (exact) mass is 298 g/mol. The largest absolute Gasteiger partial charge is 0.478 e. The smallest absolute Gasteiger partial charge is 0.340 e. The molecule has 0 unspecified atom stereocenters. The van der Waals surface area contributed by atoms with Crippen LogP contribution in [0.3, 0.4) is 0 Å². The van der Waals surface area contributed by atoms with Gasteiger partial charge >= 0.3 is 5.97 Å². The summed E-state index contributed by atoms with van der Waals surface area (Å²) in [5, 5.41) is 11.4. The number of carbonyl (C=O) groups is 2. The second-order valence-electron chi connectivity index (χ2n) is 3.86. The maximum Gasteiger partial charge on any atom is 0.340 e. The highest BCUT2D eigenvalue weighted by Crippen LogP contribution is 2.25. The first-order valence-electron chi connectivity index (χ1n) is 5.36. The Morgan fingerprint density at radius 2 is 2.00 bits per heavy atom. The number of aromatic nitrogens is 1. The third kappa shape index (κ3) is 2.64. The molecule has 0 bridgehead atoms. The molecule has 0 fully saturated rings. The minimum Gasteiger partial charge on any atom is -0.478 e. The second kappa shape index (κ2) is 5.33. The fraction of sp³-hybridized carbons (Fsp3) is 0.0833. The van der Waals surface area contributed by atoms with E-state index in [1.54, 1.807) is 0 Å². The van der Waals surface area contributed by atoms with Crippen LogP contribution in [0.15, 0.2) is 18.2 Å². The molecule has 0 spiro atoms. The summed E-state index contributed by atoms with van der Waals surface area (Å²) in [7, 11) is 0. The van der Waals surface area contributed by atoms with Crippen molar-refractivity contribution in [2.45, 2.75) is 6.92 Å². The van der Waals surface area contributed by atoms with Crippen molar-refractivity contribution in [1.29, 1.82) is 0 Å². The average molecular weight is 298 g/mol. The number of nitrogens with one attached hydrogen (secondary N) is 1. The van der Waals surface area contributed by atoms with E-state index in [4.69, 9.17) is 5.11 Å². The van der Waals surface area contributed by atoms with Crippen molar-refractivity contribution in [2.24, 2.45) is 0 Å². The van der Waals surface area contributed by atoms with E-state index >= 15 is 0 Å². The van der Waals surface area contributed by atoms with Crippen LogP contribution in [0.5, 0.6) is 0 Å². The number of carboxylic acids is 1. The molecule has 1 aromatic heterocycles. The quantitative estimate of drug-likeness (QED) is 0.913. The topological polar surface area (TPSA) is 79.3 Å². The number of benzene rings is 1. The Labute approximate surface area is 116 Å². The first kappa shape index (κ1) is 14.1. The van der Waals surface area contributed by atoms with Crippen molar-refractivity contribution in [2.75, 3.05) is 5.32 Å². The molecule has 2 N–H and O–H groups in total. The number of nitrogens with zero attached hydrogens (tertiary/aromatic N) is 1. The molecule has 0 radical (unpaired) electrons. The molecule has 0 saturated carbocycles. The summed E-state index contributed by atoms with van der Waals surface area (Å²) in [6.45, 7) is 1.49. The summed E-state index contributed by atoms with van der Waals surface area (Å²) < 4.78 is 29.6. The Morgan fingerprint density at radius 1 is 1.30 bits per heavy atom. The number of amides is 1.